The Morgan fingerprint density at radius 2 is 2.06 bits per heavy atom. The van der Waals surface area contributed by atoms with Crippen molar-refractivity contribution in [3.63, 3.8) is 0 Å². The molecule has 16 heavy (non-hydrogen) atoms. The first kappa shape index (κ1) is 12.2. The highest BCUT2D eigenvalue weighted by Gasteiger charge is 2.44. The molecule has 1 heteroatoms. The van der Waals surface area contributed by atoms with Gasteiger partial charge in [-0.15, -0.1) is 0 Å². The molecule has 1 saturated carbocycles. The molecule has 0 aromatic heterocycles. The summed E-state index contributed by atoms with van der Waals surface area (Å²) in [5.74, 6) is 2.51. The smallest absolute Gasteiger partial charge is 0.0656 e. The topological polar surface area (TPSA) is 20.2 Å². The van der Waals surface area contributed by atoms with Crippen LogP contribution in [0.25, 0.3) is 0 Å². The van der Waals surface area contributed by atoms with E-state index in [2.05, 4.69) is 33.8 Å². The van der Waals surface area contributed by atoms with Crippen molar-refractivity contribution in [2.45, 2.75) is 59.0 Å². The molecule has 0 saturated heterocycles. The van der Waals surface area contributed by atoms with E-state index in [1.165, 1.54) is 12.8 Å². The molecule has 0 bridgehead atoms. The summed E-state index contributed by atoms with van der Waals surface area (Å²) < 4.78 is 0. The summed E-state index contributed by atoms with van der Waals surface area (Å²) in [6.45, 7) is 8.96. The van der Waals surface area contributed by atoms with Crippen molar-refractivity contribution >= 4 is 0 Å². The highest BCUT2D eigenvalue weighted by atomic mass is 16.3. The summed E-state index contributed by atoms with van der Waals surface area (Å²) in [5, 5.41) is 10.6. The molecular formula is C15H26O. The average molecular weight is 222 g/mol. The number of fused-ring (bicyclic) bond motifs is 1. The average Bonchev–Trinajstić information content (AvgIpc) is 2.47. The number of hydrogen-bond acceptors (Lipinski definition) is 1. The van der Waals surface area contributed by atoms with E-state index in [0.29, 0.717) is 17.8 Å². The van der Waals surface area contributed by atoms with Gasteiger partial charge < -0.3 is 5.11 Å². The maximum absolute atomic E-state index is 10.6. The van der Waals surface area contributed by atoms with Crippen molar-refractivity contribution in [2.24, 2.45) is 23.7 Å². The predicted molar refractivity (Wildman–Crippen MR) is 68.2 cm³/mol. The zero-order valence-electron chi connectivity index (χ0n) is 11.2. The van der Waals surface area contributed by atoms with Crippen molar-refractivity contribution in [3.8, 4) is 0 Å². The van der Waals surface area contributed by atoms with Gasteiger partial charge >= 0.3 is 0 Å². The maximum atomic E-state index is 10.6. The summed E-state index contributed by atoms with van der Waals surface area (Å²) in [6, 6.07) is 0. The fourth-order valence-corrected chi connectivity index (χ4v) is 3.62. The van der Waals surface area contributed by atoms with Crippen LogP contribution in [0.3, 0.4) is 0 Å². The minimum absolute atomic E-state index is 0.442. The van der Waals surface area contributed by atoms with E-state index in [1.54, 1.807) is 5.57 Å². The molecule has 1 fully saturated rings. The molecule has 2 rings (SSSR count). The molecule has 92 valence electrons. The molecule has 1 N–H and O–H groups in total. The second kappa shape index (κ2) is 4.18. The summed E-state index contributed by atoms with van der Waals surface area (Å²) in [5.41, 5.74) is 1.13. The molecule has 2 aliphatic carbocycles. The van der Waals surface area contributed by atoms with Gasteiger partial charge in [-0.3, -0.25) is 0 Å². The van der Waals surface area contributed by atoms with Crippen LogP contribution in [0.4, 0.5) is 0 Å². The van der Waals surface area contributed by atoms with Crippen LogP contribution in [0.5, 0.6) is 0 Å². The number of aliphatic hydroxyl groups is 1. The molecule has 0 unspecified atom stereocenters. The molecule has 2 aliphatic rings. The number of rotatable bonds is 1. The van der Waals surface area contributed by atoms with Gasteiger partial charge in [-0.25, -0.2) is 0 Å². The van der Waals surface area contributed by atoms with E-state index in [0.717, 1.165) is 18.8 Å². The molecule has 0 heterocycles. The zero-order valence-corrected chi connectivity index (χ0v) is 11.2. The SMILES string of the molecule is CC(C)C1=C[C@H]2[C@@H](CC[C@@H]2C)[C@@](C)(O)CC1. The van der Waals surface area contributed by atoms with E-state index in [1.807, 2.05) is 0 Å². The molecule has 0 aromatic rings. The standard InChI is InChI=1S/C15H26O/c1-10(2)12-7-8-15(4,16)14-6-5-11(3)13(14)9-12/h9-11,13-14,16H,5-8H2,1-4H3/t11-,13+,14+,15-/m0/s1. The van der Waals surface area contributed by atoms with Crippen molar-refractivity contribution < 1.29 is 5.11 Å². The van der Waals surface area contributed by atoms with Crippen molar-refractivity contribution in [1.29, 1.82) is 0 Å². The first-order valence-electron chi connectivity index (χ1n) is 6.85. The Hall–Kier alpha value is -0.300. The van der Waals surface area contributed by atoms with Gasteiger partial charge in [-0.2, -0.15) is 0 Å². The van der Waals surface area contributed by atoms with Gasteiger partial charge in [0.1, 0.15) is 0 Å². The lowest BCUT2D eigenvalue weighted by Gasteiger charge is -2.32. The third kappa shape index (κ3) is 2.07. The van der Waals surface area contributed by atoms with Gasteiger partial charge in [-0.1, -0.05) is 32.4 Å². The van der Waals surface area contributed by atoms with Crippen molar-refractivity contribution in [1.82, 2.24) is 0 Å². The third-order valence-electron chi connectivity index (χ3n) is 4.92. The van der Waals surface area contributed by atoms with Gasteiger partial charge in [-0.05, 0) is 56.3 Å². The quantitative estimate of drug-likeness (QED) is 0.669. The summed E-state index contributed by atoms with van der Waals surface area (Å²) in [4.78, 5) is 0. The van der Waals surface area contributed by atoms with Crippen LogP contribution in [-0.2, 0) is 0 Å². The fourth-order valence-electron chi connectivity index (χ4n) is 3.62. The van der Waals surface area contributed by atoms with E-state index < -0.39 is 5.60 Å². The van der Waals surface area contributed by atoms with Crippen LogP contribution in [0, 0.1) is 23.7 Å². The van der Waals surface area contributed by atoms with Gasteiger partial charge in [0.2, 0.25) is 0 Å². The first-order valence-corrected chi connectivity index (χ1v) is 6.85. The van der Waals surface area contributed by atoms with Crippen LogP contribution >= 0.6 is 0 Å². The van der Waals surface area contributed by atoms with E-state index >= 15 is 0 Å². The lowest BCUT2D eigenvalue weighted by molar-refractivity contribution is -0.0168. The summed E-state index contributed by atoms with van der Waals surface area (Å²) in [6.07, 6.45) is 7.04. The lowest BCUT2D eigenvalue weighted by Crippen LogP contribution is -2.36. The molecule has 0 spiro atoms. The second-order valence-corrected chi connectivity index (χ2v) is 6.49. The van der Waals surface area contributed by atoms with Gasteiger partial charge in [0, 0.05) is 0 Å². The van der Waals surface area contributed by atoms with E-state index in [4.69, 9.17) is 0 Å². The van der Waals surface area contributed by atoms with Gasteiger partial charge in [0.25, 0.3) is 0 Å². The molecule has 0 aromatic carbocycles. The Morgan fingerprint density at radius 3 is 2.69 bits per heavy atom. The Balaban J connectivity index is 2.29. The predicted octanol–water partition coefficient (Wildman–Crippen LogP) is 3.78. The normalized spacial score (nSPS) is 44.1. The van der Waals surface area contributed by atoms with Crippen LogP contribution in [0.2, 0.25) is 0 Å². The second-order valence-electron chi connectivity index (χ2n) is 6.49. The Bertz CT molecular complexity index is 288. The van der Waals surface area contributed by atoms with Crippen molar-refractivity contribution in [2.75, 3.05) is 0 Å². The molecular weight excluding hydrogens is 196 g/mol. The highest BCUT2D eigenvalue weighted by Crippen LogP contribution is 2.48. The van der Waals surface area contributed by atoms with Crippen molar-refractivity contribution in [3.05, 3.63) is 11.6 Å². The van der Waals surface area contributed by atoms with Gasteiger partial charge in [0.05, 0.1) is 5.60 Å². The third-order valence-corrected chi connectivity index (χ3v) is 4.92. The first-order chi connectivity index (χ1) is 7.42. The molecule has 0 aliphatic heterocycles. The molecule has 0 amide bonds. The number of hydrogen-bond donors (Lipinski definition) is 1. The van der Waals surface area contributed by atoms with E-state index in [9.17, 15) is 5.11 Å². The zero-order chi connectivity index (χ0) is 11.9. The number of allylic oxidation sites excluding steroid dienone is 2. The highest BCUT2D eigenvalue weighted by molar-refractivity contribution is 5.15. The molecule has 4 atom stereocenters. The van der Waals surface area contributed by atoms with Crippen LogP contribution in [0.15, 0.2) is 11.6 Å². The monoisotopic (exact) mass is 222 g/mol. The Morgan fingerprint density at radius 1 is 1.38 bits per heavy atom. The van der Waals surface area contributed by atoms with Crippen LogP contribution in [-0.4, -0.2) is 10.7 Å². The van der Waals surface area contributed by atoms with Gasteiger partial charge in [0.15, 0.2) is 0 Å². The van der Waals surface area contributed by atoms with Crippen LogP contribution in [0.1, 0.15) is 53.4 Å². The fraction of sp³-hybridized carbons (Fsp3) is 0.867. The molecule has 1 nitrogen and oxygen atoms in total. The largest absolute Gasteiger partial charge is 0.390 e. The summed E-state index contributed by atoms with van der Waals surface area (Å²) >= 11 is 0. The Kier molecular flexibility index (Phi) is 3.18. The summed E-state index contributed by atoms with van der Waals surface area (Å²) in [7, 11) is 0. The minimum Gasteiger partial charge on any atom is -0.390 e. The van der Waals surface area contributed by atoms with Crippen LogP contribution < -0.4 is 0 Å². The molecule has 0 radical (unpaired) electrons. The Labute approximate surface area is 99.9 Å². The maximum Gasteiger partial charge on any atom is 0.0656 e. The van der Waals surface area contributed by atoms with E-state index in [-0.39, 0.29) is 0 Å². The lowest BCUT2D eigenvalue weighted by atomic mass is 9.79. The minimum atomic E-state index is -0.442.